The van der Waals surface area contributed by atoms with E-state index in [4.69, 9.17) is 9.84 Å². The van der Waals surface area contributed by atoms with Crippen LogP contribution < -0.4 is 10.1 Å². The number of nitrogens with one attached hydrogen (secondary N) is 1. The largest absolute Gasteiger partial charge is 0.493 e. The Labute approximate surface area is 171 Å². The van der Waals surface area contributed by atoms with Gasteiger partial charge in [0.15, 0.2) is 0 Å². The lowest BCUT2D eigenvalue weighted by atomic mass is 9.86. The van der Waals surface area contributed by atoms with Crippen LogP contribution in [0.4, 0.5) is 4.79 Å². The molecule has 4 rings (SSSR count). The number of carbonyl (C=O) groups is 2. The summed E-state index contributed by atoms with van der Waals surface area (Å²) in [6.45, 7) is 1.82. The van der Waals surface area contributed by atoms with Crippen molar-refractivity contribution in [3.63, 3.8) is 0 Å². The molecule has 2 fully saturated rings. The maximum absolute atomic E-state index is 12.2. The number of nitrogens with zero attached hydrogens (tertiary/aromatic N) is 1. The summed E-state index contributed by atoms with van der Waals surface area (Å²) in [6.07, 6.45) is 8.04. The van der Waals surface area contributed by atoms with Crippen LogP contribution in [0.15, 0.2) is 30.3 Å². The van der Waals surface area contributed by atoms with Gasteiger partial charge in [-0.25, -0.2) is 4.79 Å². The molecule has 1 aromatic carbocycles. The Hall–Kier alpha value is -2.50. The third-order valence-corrected chi connectivity index (χ3v) is 6.30. The van der Waals surface area contributed by atoms with Crippen LogP contribution in [-0.4, -0.2) is 47.7 Å². The van der Waals surface area contributed by atoms with Crippen molar-refractivity contribution in [2.75, 3.05) is 19.7 Å². The lowest BCUT2D eigenvalue weighted by Crippen LogP contribution is -2.38. The number of rotatable bonds is 6. The minimum Gasteiger partial charge on any atom is -0.493 e. The van der Waals surface area contributed by atoms with Crippen LogP contribution in [0, 0.1) is 11.8 Å². The van der Waals surface area contributed by atoms with Crippen molar-refractivity contribution in [3.05, 3.63) is 35.9 Å². The van der Waals surface area contributed by atoms with E-state index in [1.165, 1.54) is 16.0 Å². The summed E-state index contributed by atoms with van der Waals surface area (Å²) < 4.78 is 5.94. The molecule has 2 N–H and O–H groups in total. The molecular weight excluding hydrogens is 368 g/mol. The zero-order chi connectivity index (χ0) is 20.2. The number of ether oxygens (including phenoxy) is 1. The minimum absolute atomic E-state index is 0.120. The van der Waals surface area contributed by atoms with Crippen LogP contribution in [0.25, 0.3) is 5.57 Å². The van der Waals surface area contributed by atoms with Crippen molar-refractivity contribution in [2.24, 2.45) is 11.8 Å². The van der Waals surface area contributed by atoms with Gasteiger partial charge in [0.25, 0.3) is 0 Å². The summed E-state index contributed by atoms with van der Waals surface area (Å²) in [7, 11) is 0. The zero-order valence-corrected chi connectivity index (χ0v) is 16.8. The highest BCUT2D eigenvalue weighted by Crippen LogP contribution is 2.32. The van der Waals surface area contributed by atoms with E-state index in [1.807, 2.05) is 12.1 Å². The summed E-state index contributed by atoms with van der Waals surface area (Å²) in [6, 6.07) is 8.64. The second-order valence-corrected chi connectivity index (χ2v) is 8.53. The van der Waals surface area contributed by atoms with Crippen LogP contribution >= 0.6 is 0 Å². The second kappa shape index (κ2) is 8.89. The first-order valence-corrected chi connectivity index (χ1v) is 10.8. The van der Waals surface area contributed by atoms with Gasteiger partial charge in [-0.15, -0.1) is 0 Å². The molecular formula is C23H30N2O4. The van der Waals surface area contributed by atoms with E-state index in [9.17, 15) is 9.59 Å². The number of likely N-dealkylation sites (tertiary alicyclic amines) is 1. The maximum atomic E-state index is 12.2. The van der Waals surface area contributed by atoms with Gasteiger partial charge in [0.1, 0.15) is 5.75 Å². The Morgan fingerprint density at radius 1 is 1.07 bits per heavy atom. The van der Waals surface area contributed by atoms with E-state index in [-0.39, 0.29) is 11.8 Å². The third-order valence-electron chi connectivity index (χ3n) is 6.30. The number of benzene rings is 1. The Morgan fingerprint density at radius 2 is 1.79 bits per heavy atom. The Morgan fingerprint density at radius 3 is 2.38 bits per heavy atom. The van der Waals surface area contributed by atoms with Crippen LogP contribution in [0.5, 0.6) is 5.75 Å². The van der Waals surface area contributed by atoms with Crippen molar-refractivity contribution in [2.45, 2.75) is 51.0 Å². The molecule has 6 nitrogen and oxygen atoms in total. The number of hydrogen-bond acceptors (Lipinski definition) is 3. The fourth-order valence-corrected chi connectivity index (χ4v) is 4.15. The fraction of sp³-hybridized carbons (Fsp3) is 0.565. The van der Waals surface area contributed by atoms with Crippen LogP contribution in [0.1, 0.15) is 50.5 Å². The molecule has 1 heterocycles. The predicted molar refractivity (Wildman–Crippen MR) is 111 cm³/mol. The molecule has 0 bridgehead atoms. The highest BCUT2D eigenvalue weighted by Gasteiger charge is 2.28. The van der Waals surface area contributed by atoms with E-state index in [1.54, 1.807) is 0 Å². The Kier molecular flexibility index (Phi) is 6.07. The van der Waals surface area contributed by atoms with Gasteiger partial charge in [0.05, 0.1) is 6.61 Å². The van der Waals surface area contributed by atoms with Gasteiger partial charge >= 0.3 is 6.09 Å². The normalized spacial score (nSPS) is 22.7. The van der Waals surface area contributed by atoms with Crippen molar-refractivity contribution in [3.8, 4) is 5.75 Å². The molecule has 2 aliphatic carbocycles. The number of carboxylic acid groups (broad SMARTS) is 1. The monoisotopic (exact) mass is 398 g/mol. The number of carbonyl (C=O) groups excluding carboxylic acids is 1. The molecule has 0 radical (unpaired) electrons. The van der Waals surface area contributed by atoms with Crippen molar-refractivity contribution in [1.82, 2.24) is 10.2 Å². The number of amides is 2. The van der Waals surface area contributed by atoms with E-state index in [0.29, 0.717) is 31.7 Å². The van der Waals surface area contributed by atoms with Crippen LogP contribution in [0.2, 0.25) is 0 Å². The van der Waals surface area contributed by atoms with E-state index in [2.05, 4.69) is 23.5 Å². The molecule has 2 amide bonds. The summed E-state index contributed by atoms with van der Waals surface area (Å²) in [5.74, 6) is 1.60. The molecule has 0 aromatic heterocycles. The molecule has 1 saturated carbocycles. The maximum Gasteiger partial charge on any atom is 0.407 e. The minimum atomic E-state index is -0.827. The first-order valence-electron chi connectivity index (χ1n) is 10.8. The summed E-state index contributed by atoms with van der Waals surface area (Å²) in [4.78, 5) is 24.6. The van der Waals surface area contributed by atoms with E-state index >= 15 is 0 Å². The third kappa shape index (κ3) is 5.31. The van der Waals surface area contributed by atoms with Gasteiger partial charge < -0.3 is 20.1 Å². The molecule has 29 heavy (non-hydrogen) atoms. The number of hydrogen-bond donors (Lipinski definition) is 2. The van der Waals surface area contributed by atoms with Gasteiger partial charge in [-0.1, -0.05) is 18.2 Å². The average molecular weight is 399 g/mol. The second-order valence-electron chi connectivity index (χ2n) is 8.53. The zero-order valence-electron chi connectivity index (χ0n) is 16.8. The molecule has 1 atom stereocenters. The fourth-order valence-electron chi connectivity index (χ4n) is 4.15. The van der Waals surface area contributed by atoms with E-state index < -0.39 is 6.09 Å². The molecule has 1 aliphatic heterocycles. The highest BCUT2D eigenvalue weighted by atomic mass is 16.5. The van der Waals surface area contributed by atoms with Gasteiger partial charge in [-0.05, 0) is 74.1 Å². The standard InChI is InChI=1S/C23H30N2O4/c26-22(24-20-7-8-20)19-3-1-17(2-4-19)18-5-9-21(10-6-18)29-15-16-11-13-25(14-12-16)23(27)28/h1,5-6,9-10,16,19-20H,2-4,7-8,11-15H2,(H,24,26)(H,27,28). The van der Waals surface area contributed by atoms with Crippen LogP contribution in [-0.2, 0) is 4.79 Å². The Bertz CT molecular complexity index is 762. The first kappa shape index (κ1) is 19.8. The average Bonchev–Trinajstić information content (AvgIpc) is 3.57. The lowest BCUT2D eigenvalue weighted by molar-refractivity contribution is -0.125. The highest BCUT2D eigenvalue weighted by molar-refractivity contribution is 5.81. The number of allylic oxidation sites excluding steroid dienone is 2. The van der Waals surface area contributed by atoms with Gasteiger partial charge in [0.2, 0.25) is 5.91 Å². The van der Waals surface area contributed by atoms with Crippen molar-refractivity contribution < 1.29 is 19.4 Å². The Balaban J connectivity index is 1.23. The summed E-state index contributed by atoms with van der Waals surface area (Å²) >= 11 is 0. The number of piperidine rings is 1. The molecule has 0 spiro atoms. The molecule has 1 unspecified atom stereocenters. The molecule has 156 valence electrons. The first-order chi connectivity index (χ1) is 14.1. The predicted octanol–water partition coefficient (Wildman–Crippen LogP) is 3.92. The topological polar surface area (TPSA) is 78.9 Å². The van der Waals surface area contributed by atoms with Gasteiger partial charge in [0, 0.05) is 25.0 Å². The summed E-state index contributed by atoms with van der Waals surface area (Å²) in [5, 5.41) is 12.1. The molecule has 6 heteroatoms. The smallest absolute Gasteiger partial charge is 0.407 e. The van der Waals surface area contributed by atoms with E-state index in [0.717, 1.165) is 50.7 Å². The SMILES string of the molecule is O=C(NC1CC1)C1CC=C(c2ccc(OCC3CCN(C(=O)O)CC3)cc2)CC1. The van der Waals surface area contributed by atoms with Crippen molar-refractivity contribution in [1.29, 1.82) is 0 Å². The van der Waals surface area contributed by atoms with Gasteiger partial charge in [-0.3, -0.25) is 4.79 Å². The lowest BCUT2D eigenvalue weighted by Gasteiger charge is -2.29. The molecule has 1 aromatic rings. The molecule has 1 saturated heterocycles. The molecule has 3 aliphatic rings. The van der Waals surface area contributed by atoms with Crippen molar-refractivity contribution >= 4 is 17.6 Å². The van der Waals surface area contributed by atoms with Gasteiger partial charge in [-0.2, -0.15) is 0 Å². The quantitative estimate of drug-likeness (QED) is 0.761. The van der Waals surface area contributed by atoms with Crippen LogP contribution in [0.3, 0.4) is 0 Å². The summed E-state index contributed by atoms with van der Waals surface area (Å²) in [5.41, 5.74) is 2.52.